The smallest absolute Gasteiger partial charge is 0.123 e. The number of hydrogen-bond acceptors (Lipinski definition) is 5. The van der Waals surface area contributed by atoms with Crippen LogP contribution in [0.25, 0.3) is 0 Å². The Hall–Kier alpha value is -3.09. The highest BCUT2D eigenvalue weighted by molar-refractivity contribution is 5.61. The van der Waals surface area contributed by atoms with Crippen LogP contribution in [0.5, 0.6) is 11.5 Å². The number of hydrazine groups is 1. The highest BCUT2D eigenvalue weighted by Gasteiger charge is 2.43. The van der Waals surface area contributed by atoms with Gasteiger partial charge in [-0.2, -0.15) is 0 Å². The molecule has 0 amide bonds. The molecule has 3 aromatic carbocycles. The molecule has 2 aliphatic heterocycles. The summed E-state index contributed by atoms with van der Waals surface area (Å²) in [5, 5.41) is 0. The van der Waals surface area contributed by atoms with Gasteiger partial charge in [0.15, 0.2) is 0 Å². The number of halogens is 1. The first-order valence-corrected chi connectivity index (χ1v) is 10.5. The van der Waals surface area contributed by atoms with Gasteiger partial charge in [-0.3, -0.25) is 0 Å². The fraction of sp³-hybridized carbons (Fsp3) is 0.280. The van der Waals surface area contributed by atoms with Crippen LogP contribution in [0.1, 0.15) is 28.8 Å². The van der Waals surface area contributed by atoms with Gasteiger partial charge >= 0.3 is 0 Å². The minimum atomic E-state index is -0.206. The van der Waals surface area contributed by atoms with Crippen LogP contribution in [0.2, 0.25) is 0 Å². The lowest BCUT2D eigenvalue weighted by atomic mass is 9.82. The summed E-state index contributed by atoms with van der Waals surface area (Å²) < 4.78 is 24.6. The van der Waals surface area contributed by atoms with Gasteiger partial charge in [-0.25, -0.2) is 15.2 Å². The van der Waals surface area contributed by atoms with Gasteiger partial charge in [0.2, 0.25) is 0 Å². The first-order valence-electron chi connectivity index (χ1n) is 10.5. The van der Waals surface area contributed by atoms with Crippen LogP contribution in [0, 0.1) is 11.7 Å². The molecule has 0 bridgehead atoms. The molecule has 0 radical (unpaired) electrons. The Kier molecular flexibility index (Phi) is 5.26. The quantitative estimate of drug-likeness (QED) is 0.643. The van der Waals surface area contributed by atoms with Crippen molar-refractivity contribution in [1.82, 2.24) is 10.9 Å². The van der Waals surface area contributed by atoms with Gasteiger partial charge < -0.3 is 14.4 Å². The third-order valence-electron chi connectivity index (χ3n) is 6.33. The van der Waals surface area contributed by atoms with E-state index in [1.807, 2.05) is 24.3 Å². The van der Waals surface area contributed by atoms with Crippen LogP contribution < -0.4 is 25.2 Å². The molecule has 2 heterocycles. The monoisotopic (exact) mass is 419 g/mol. The number of ether oxygens (including phenoxy) is 2. The minimum Gasteiger partial charge on any atom is -0.497 e. The highest BCUT2D eigenvalue weighted by Crippen LogP contribution is 2.46. The standard InChI is InChI=1S/C25H26FN3O2/c1-30-19-8-6-17(7-9-19)24-22-15-29(14-16-4-3-5-18(26)12-16)23-11-10-20(31-2)13-21(23)25(22)28-27-24/h3-13,22,24-25,27-28H,14-15H2,1-2H3. The van der Waals surface area contributed by atoms with Crippen molar-refractivity contribution < 1.29 is 13.9 Å². The fourth-order valence-corrected chi connectivity index (χ4v) is 4.80. The van der Waals surface area contributed by atoms with E-state index in [0.717, 1.165) is 29.3 Å². The number of anilines is 1. The number of benzene rings is 3. The number of fused-ring (bicyclic) bond motifs is 3. The van der Waals surface area contributed by atoms with Crippen LogP contribution in [0.4, 0.5) is 10.1 Å². The molecule has 0 aliphatic carbocycles. The fourth-order valence-electron chi connectivity index (χ4n) is 4.80. The molecule has 0 aromatic heterocycles. The molecule has 3 aromatic rings. The van der Waals surface area contributed by atoms with Crippen LogP contribution in [-0.2, 0) is 6.54 Å². The summed E-state index contributed by atoms with van der Waals surface area (Å²) in [6.07, 6.45) is 0. The average Bonchev–Trinajstić information content (AvgIpc) is 3.23. The molecular formula is C25H26FN3O2. The lowest BCUT2D eigenvalue weighted by Crippen LogP contribution is -2.39. The van der Waals surface area contributed by atoms with E-state index in [1.165, 1.54) is 17.2 Å². The molecule has 5 rings (SSSR count). The lowest BCUT2D eigenvalue weighted by Gasteiger charge is -2.39. The third kappa shape index (κ3) is 3.73. The SMILES string of the molecule is COc1ccc(C2NNC3c4cc(OC)ccc4N(Cc4cccc(F)c4)CC23)cc1. The number of nitrogens with zero attached hydrogens (tertiary/aromatic N) is 1. The second-order valence-electron chi connectivity index (χ2n) is 8.12. The number of hydrogen-bond donors (Lipinski definition) is 2. The van der Waals surface area contributed by atoms with Crippen molar-refractivity contribution in [3.8, 4) is 11.5 Å². The topological polar surface area (TPSA) is 45.8 Å². The van der Waals surface area contributed by atoms with Gasteiger partial charge in [0, 0.05) is 24.7 Å². The van der Waals surface area contributed by atoms with Crippen molar-refractivity contribution in [2.75, 3.05) is 25.7 Å². The van der Waals surface area contributed by atoms with Gasteiger partial charge in [0.05, 0.1) is 26.3 Å². The lowest BCUT2D eigenvalue weighted by molar-refractivity contribution is 0.392. The van der Waals surface area contributed by atoms with Crippen molar-refractivity contribution >= 4 is 5.69 Å². The molecule has 3 atom stereocenters. The minimum absolute atomic E-state index is 0.144. The summed E-state index contributed by atoms with van der Waals surface area (Å²) in [7, 11) is 3.36. The summed E-state index contributed by atoms with van der Waals surface area (Å²) in [6.45, 7) is 1.49. The maximum atomic E-state index is 13.8. The van der Waals surface area contributed by atoms with E-state index in [0.29, 0.717) is 12.5 Å². The van der Waals surface area contributed by atoms with Gasteiger partial charge in [0.1, 0.15) is 17.3 Å². The summed E-state index contributed by atoms with van der Waals surface area (Å²) in [6, 6.07) is 21.5. The van der Waals surface area contributed by atoms with Crippen LogP contribution in [0.15, 0.2) is 66.7 Å². The average molecular weight is 420 g/mol. The Bertz CT molecular complexity index is 1070. The first kappa shape index (κ1) is 19.8. The van der Waals surface area contributed by atoms with Crippen molar-refractivity contribution in [1.29, 1.82) is 0 Å². The van der Waals surface area contributed by atoms with E-state index < -0.39 is 0 Å². The zero-order valence-corrected chi connectivity index (χ0v) is 17.6. The maximum Gasteiger partial charge on any atom is 0.123 e. The molecule has 0 saturated carbocycles. The number of nitrogens with one attached hydrogen (secondary N) is 2. The van der Waals surface area contributed by atoms with Gasteiger partial charge in [-0.1, -0.05) is 24.3 Å². The van der Waals surface area contributed by atoms with Crippen LogP contribution >= 0.6 is 0 Å². The van der Waals surface area contributed by atoms with Crippen molar-refractivity contribution in [3.05, 3.63) is 89.2 Å². The Morgan fingerprint density at radius 3 is 2.39 bits per heavy atom. The molecule has 160 valence electrons. The predicted octanol–water partition coefficient (Wildman–Crippen LogP) is 4.37. The first-order chi connectivity index (χ1) is 15.2. The van der Waals surface area contributed by atoms with Gasteiger partial charge in [0.25, 0.3) is 0 Å². The zero-order valence-electron chi connectivity index (χ0n) is 17.6. The van der Waals surface area contributed by atoms with E-state index in [1.54, 1.807) is 26.4 Å². The molecule has 3 unspecified atom stereocenters. The van der Waals surface area contributed by atoms with E-state index >= 15 is 0 Å². The predicted molar refractivity (Wildman–Crippen MR) is 119 cm³/mol. The van der Waals surface area contributed by atoms with E-state index in [9.17, 15) is 4.39 Å². The van der Waals surface area contributed by atoms with Crippen molar-refractivity contribution in [2.24, 2.45) is 5.92 Å². The second-order valence-corrected chi connectivity index (χ2v) is 8.12. The Morgan fingerprint density at radius 2 is 1.65 bits per heavy atom. The molecule has 1 saturated heterocycles. The summed E-state index contributed by atoms with van der Waals surface area (Å²) in [5.41, 5.74) is 11.5. The Labute approximate surface area is 181 Å². The van der Waals surface area contributed by atoms with Crippen molar-refractivity contribution in [2.45, 2.75) is 18.6 Å². The molecule has 0 spiro atoms. The molecule has 2 aliphatic rings. The molecule has 6 heteroatoms. The van der Waals surface area contributed by atoms with Crippen molar-refractivity contribution in [3.63, 3.8) is 0 Å². The molecule has 1 fully saturated rings. The number of rotatable bonds is 5. The Morgan fingerprint density at radius 1 is 0.903 bits per heavy atom. The maximum absolute atomic E-state index is 13.8. The zero-order chi connectivity index (χ0) is 21.4. The molecular weight excluding hydrogens is 393 g/mol. The molecule has 2 N–H and O–H groups in total. The van der Waals surface area contributed by atoms with E-state index in [-0.39, 0.29) is 17.9 Å². The van der Waals surface area contributed by atoms with E-state index in [2.05, 4.69) is 40.0 Å². The molecule has 31 heavy (non-hydrogen) atoms. The van der Waals surface area contributed by atoms with Crippen LogP contribution in [-0.4, -0.2) is 20.8 Å². The largest absolute Gasteiger partial charge is 0.497 e. The Balaban J connectivity index is 1.50. The number of methoxy groups -OCH3 is 2. The summed E-state index contributed by atoms with van der Waals surface area (Å²) >= 11 is 0. The van der Waals surface area contributed by atoms with Gasteiger partial charge in [-0.15, -0.1) is 0 Å². The van der Waals surface area contributed by atoms with Crippen LogP contribution in [0.3, 0.4) is 0 Å². The summed E-state index contributed by atoms with van der Waals surface area (Å²) in [5.74, 6) is 1.77. The highest BCUT2D eigenvalue weighted by atomic mass is 19.1. The van der Waals surface area contributed by atoms with Gasteiger partial charge in [-0.05, 0) is 59.2 Å². The summed E-state index contributed by atoms with van der Waals surface area (Å²) in [4.78, 5) is 2.34. The molecule has 5 nitrogen and oxygen atoms in total. The van der Waals surface area contributed by atoms with E-state index in [4.69, 9.17) is 9.47 Å². The normalized spacial score (nSPS) is 22.0. The second kappa shape index (κ2) is 8.21. The third-order valence-corrected chi connectivity index (χ3v) is 6.33.